The van der Waals surface area contributed by atoms with Crippen LogP contribution in [0.4, 0.5) is 0 Å². The SMILES string of the molecule is CC(C)NCC(C)(C)CC(C)(C)C(=O)N(C)C. The van der Waals surface area contributed by atoms with Crippen molar-refractivity contribution in [1.82, 2.24) is 10.2 Å². The van der Waals surface area contributed by atoms with E-state index in [0.717, 1.165) is 13.0 Å². The van der Waals surface area contributed by atoms with Crippen LogP contribution in [0, 0.1) is 10.8 Å². The van der Waals surface area contributed by atoms with Gasteiger partial charge in [0.15, 0.2) is 0 Å². The van der Waals surface area contributed by atoms with Crippen LogP contribution >= 0.6 is 0 Å². The molecule has 0 aromatic heterocycles. The molecule has 0 aromatic rings. The molecule has 0 spiro atoms. The van der Waals surface area contributed by atoms with Gasteiger partial charge in [0, 0.05) is 32.1 Å². The van der Waals surface area contributed by atoms with Crippen LogP contribution in [0.2, 0.25) is 0 Å². The Labute approximate surface area is 107 Å². The van der Waals surface area contributed by atoms with E-state index in [-0.39, 0.29) is 16.7 Å². The maximum absolute atomic E-state index is 12.1. The highest BCUT2D eigenvalue weighted by Crippen LogP contribution is 2.34. The first-order valence-electron chi connectivity index (χ1n) is 6.43. The van der Waals surface area contributed by atoms with Crippen molar-refractivity contribution in [3.63, 3.8) is 0 Å². The molecule has 0 saturated carbocycles. The molecule has 3 heteroatoms. The number of carbonyl (C=O) groups is 1. The summed E-state index contributed by atoms with van der Waals surface area (Å²) in [5.41, 5.74) is -0.175. The minimum atomic E-state index is -0.300. The van der Waals surface area contributed by atoms with Gasteiger partial charge in [-0.05, 0) is 11.8 Å². The van der Waals surface area contributed by atoms with Gasteiger partial charge in [0.05, 0.1) is 0 Å². The lowest BCUT2D eigenvalue weighted by atomic mass is 9.74. The zero-order valence-corrected chi connectivity index (χ0v) is 12.8. The Kier molecular flexibility index (Phi) is 5.66. The van der Waals surface area contributed by atoms with Crippen molar-refractivity contribution >= 4 is 5.91 Å². The first-order valence-corrected chi connectivity index (χ1v) is 6.43. The molecule has 17 heavy (non-hydrogen) atoms. The van der Waals surface area contributed by atoms with E-state index < -0.39 is 0 Å². The molecule has 0 saturated heterocycles. The third kappa shape index (κ3) is 6.06. The molecule has 0 aliphatic heterocycles. The number of rotatable bonds is 6. The molecule has 0 unspecified atom stereocenters. The van der Waals surface area contributed by atoms with Gasteiger partial charge in [-0.25, -0.2) is 0 Å². The Morgan fingerprint density at radius 3 is 2.00 bits per heavy atom. The van der Waals surface area contributed by atoms with E-state index in [1.165, 1.54) is 0 Å². The van der Waals surface area contributed by atoms with E-state index in [1.54, 1.807) is 4.90 Å². The molecule has 0 aromatic carbocycles. The topological polar surface area (TPSA) is 32.3 Å². The molecule has 1 N–H and O–H groups in total. The average Bonchev–Trinajstić information content (AvgIpc) is 2.12. The van der Waals surface area contributed by atoms with Crippen molar-refractivity contribution in [3.8, 4) is 0 Å². The van der Waals surface area contributed by atoms with Gasteiger partial charge in [-0.15, -0.1) is 0 Å². The van der Waals surface area contributed by atoms with Crippen molar-refractivity contribution in [2.45, 2.75) is 54.0 Å². The van der Waals surface area contributed by atoms with Crippen molar-refractivity contribution in [3.05, 3.63) is 0 Å². The molecular formula is C14H30N2O. The van der Waals surface area contributed by atoms with Crippen LogP contribution in [0.5, 0.6) is 0 Å². The van der Waals surface area contributed by atoms with E-state index in [2.05, 4.69) is 33.0 Å². The van der Waals surface area contributed by atoms with E-state index in [4.69, 9.17) is 0 Å². The zero-order valence-electron chi connectivity index (χ0n) is 12.8. The first kappa shape index (κ1) is 16.4. The average molecular weight is 242 g/mol. The van der Waals surface area contributed by atoms with Gasteiger partial charge in [-0.2, -0.15) is 0 Å². The molecule has 0 fully saturated rings. The fourth-order valence-electron chi connectivity index (χ4n) is 2.42. The Bertz CT molecular complexity index is 255. The predicted molar refractivity (Wildman–Crippen MR) is 74.0 cm³/mol. The van der Waals surface area contributed by atoms with Crippen molar-refractivity contribution in [1.29, 1.82) is 0 Å². The second kappa shape index (κ2) is 5.85. The molecule has 1 amide bonds. The first-order chi connectivity index (χ1) is 7.48. The lowest BCUT2D eigenvalue weighted by molar-refractivity contribution is -0.139. The Morgan fingerprint density at radius 2 is 1.65 bits per heavy atom. The molecule has 0 atom stereocenters. The van der Waals surface area contributed by atoms with Crippen LogP contribution < -0.4 is 5.32 Å². The van der Waals surface area contributed by atoms with Crippen LogP contribution in [0.3, 0.4) is 0 Å². The maximum atomic E-state index is 12.1. The summed E-state index contributed by atoms with van der Waals surface area (Å²) < 4.78 is 0. The lowest BCUT2D eigenvalue weighted by Gasteiger charge is -2.36. The summed E-state index contributed by atoms with van der Waals surface area (Å²) in [7, 11) is 3.65. The minimum absolute atomic E-state index is 0.124. The monoisotopic (exact) mass is 242 g/mol. The highest BCUT2D eigenvalue weighted by Gasteiger charge is 2.35. The standard InChI is InChI=1S/C14H30N2O/c1-11(2)15-10-13(3,4)9-14(5,6)12(17)16(7)8/h11,15H,9-10H2,1-8H3. The van der Waals surface area contributed by atoms with Gasteiger partial charge < -0.3 is 10.2 Å². The van der Waals surface area contributed by atoms with E-state index >= 15 is 0 Å². The molecule has 0 aliphatic rings. The summed E-state index contributed by atoms with van der Waals surface area (Å²) in [6.07, 6.45) is 0.886. The summed E-state index contributed by atoms with van der Waals surface area (Å²) in [4.78, 5) is 13.8. The second-order valence-electron chi connectivity index (χ2n) is 6.96. The number of amides is 1. The zero-order chi connectivity index (χ0) is 13.9. The van der Waals surface area contributed by atoms with Gasteiger partial charge in [0.25, 0.3) is 0 Å². The van der Waals surface area contributed by atoms with Gasteiger partial charge in [-0.3, -0.25) is 4.79 Å². The van der Waals surface area contributed by atoms with Crippen LogP contribution in [0.15, 0.2) is 0 Å². The Hall–Kier alpha value is -0.570. The minimum Gasteiger partial charge on any atom is -0.348 e. The van der Waals surface area contributed by atoms with E-state index in [0.29, 0.717) is 6.04 Å². The third-order valence-corrected chi connectivity index (χ3v) is 2.89. The summed E-state index contributed by atoms with van der Waals surface area (Å²) in [5, 5.41) is 3.45. The number of hydrogen-bond acceptors (Lipinski definition) is 2. The number of carbonyl (C=O) groups excluding carboxylic acids is 1. The lowest BCUT2D eigenvalue weighted by Crippen LogP contribution is -2.42. The molecule has 102 valence electrons. The van der Waals surface area contributed by atoms with Crippen LogP contribution in [-0.4, -0.2) is 37.5 Å². The van der Waals surface area contributed by atoms with Crippen LogP contribution in [0.1, 0.15) is 48.0 Å². The molecule has 3 nitrogen and oxygen atoms in total. The number of nitrogens with zero attached hydrogens (tertiary/aromatic N) is 1. The number of nitrogens with one attached hydrogen (secondary N) is 1. The summed E-state index contributed by atoms with van der Waals surface area (Å²) in [5.74, 6) is 0.204. The van der Waals surface area contributed by atoms with Crippen LogP contribution in [0.25, 0.3) is 0 Å². The largest absolute Gasteiger partial charge is 0.348 e. The quantitative estimate of drug-likeness (QED) is 0.776. The summed E-state index contributed by atoms with van der Waals surface area (Å²) in [6.45, 7) is 13.7. The van der Waals surface area contributed by atoms with Gasteiger partial charge in [-0.1, -0.05) is 41.5 Å². The molecular weight excluding hydrogens is 212 g/mol. The molecule has 0 aliphatic carbocycles. The second-order valence-corrected chi connectivity index (χ2v) is 6.96. The van der Waals surface area contributed by atoms with Gasteiger partial charge in [0.2, 0.25) is 5.91 Å². The summed E-state index contributed by atoms with van der Waals surface area (Å²) in [6, 6.07) is 0.488. The molecule has 0 heterocycles. The molecule has 0 bridgehead atoms. The van der Waals surface area contributed by atoms with Gasteiger partial charge >= 0.3 is 0 Å². The maximum Gasteiger partial charge on any atom is 0.227 e. The highest BCUT2D eigenvalue weighted by molar-refractivity contribution is 5.81. The number of hydrogen-bond donors (Lipinski definition) is 1. The highest BCUT2D eigenvalue weighted by atomic mass is 16.2. The van der Waals surface area contributed by atoms with E-state index in [1.807, 2.05) is 27.9 Å². The smallest absolute Gasteiger partial charge is 0.227 e. The predicted octanol–water partition coefficient (Wildman–Crippen LogP) is 2.52. The van der Waals surface area contributed by atoms with E-state index in [9.17, 15) is 4.79 Å². The molecule has 0 radical (unpaired) electrons. The Balaban J connectivity index is 4.52. The third-order valence-electron chi connectivity index (χ3n) is 2.89. The fourth-order valence-corrected chi connectivity index (χ4v) is 2.42. The van der Waals surface area contributed by atoms with Crippen LogP contribution in [-0.2, 0) is 4.79 Å². The van der Waals surface area contributed by atoms with Crippen molar-refractivity contribution in [2.24, 2.45) is 10.8 Å². The summed E-state index contributed by atoms with van der Waals surface area (Å²) >= 11 is 0. The Morgan fingerprint density at radius 1 is 1.18 bits per heavy atom. The van der Waals surface area contributed by atoms with Crippen molar-refractivity contribution < 1.29 is 4.79 Å². The van der Waals surface area contributed by atoms with Gasteiger partial charge in [0.1, 0.15) is 0 Å². The normalized spacial score (nSPS) is 13.0. The molecule has 0 rings (SSSR count). The fraction of sp³-hybridized carbons (Fsp3) is 0.929. The van der Waals surface area contributed by atoms with Crippen molar-refractivity contribution in [2.75, 3.05) is 20.6 Å².